The molecule has 1 aromatic heterocycles. The average molecular weight is 331 g/mol. The molecule has 118 valence electrons. The van der Waals surface area contributed by atoms with E-state index in [-0.39, 0.29) is 24.4 Å². The lowest BCUT2D eigenvalue weighted by Crippen LogP contribution is -2.57. The quantitative estimate of drug-likeness (QED) is 0.676. The van der Waals surface area contributed by atoms with Gasteiger partial charge in [-0.2, -0.15) is 0 Å². The maximum absolute atomic E-state index is 12.3. The molecule has 7 heteroatoms. The normalized spacial score (nSPS) is 21.8. The summed E-state index contributed by atoms with van der Waals surface area (Å²) in [6.45, 7) is 9.73. The number of hydrogen-bond acceptors (Lipinski definition) is 5. The van der Waals surface area contributed by atoms with Crippen LogP contribution in [0.5, 0.6) is 0 Å². The molecule has 2 atom stereocenters. The summed E-state index contributed by atoms with van der Waals surface area (Å²) in [4.78, 5) is 23.0. The number of halogens is 1. The highest BCUT2D eigenvalue weighted by molar-refractivity contribution is 7.99. The van der Waals surface area contributed by atoms with Crippen LogP contribution >= 0.6 is 24.2 Å². The van der Waals surface area contributed by atoms with Gasteiger partial charge >= 0.3 is 0 Å². The largest absolute Gasteiger partial charge is 0.336 e. The molecule has 1 aromatic rings. The van der Waals surface area contributed by atoms with Crippen molar-refractivity contribution in [1.82, 2.24) is 20.2 Å². The lowest BCUT2D eigenvalue weighted by atomic mass is 10.1. The van der Waals surface area contributed by atoms with Crippen molar-refractivity contribution in [3.63, 3.8) is 0 Å². The van der Waals surface area contributed by atoms with Gasteiger partial charge in [0.05, 0.1) is 5.75 Å². The highest BCUT2D eigenvalue weighted by atomic mass is 35.5. The minimum Gasteiger partial charge on any atom is -0.336 e. The van der Waals surface area contributed by atoms with E-state index in [2.05, 4.69) is 29.1 Å². The number of nitrogens with zero attached hydrogens (tertiary/aromatic N) is 3. The Morgan fingerprint density at radius 3 is 2.62 bits per heavy atom. The van der Waals surface area contributed by atoms with Gasteiger partial charge in [0.25, 0.3) is 0 Å². The molecule has 21 heavy (non-hydrogen) atoms. The molecule has 1 aliphatic rings. The first-order valence-electron chi connectivity index (χ1n) is 6.95. The van der Waals surface area contributed by atoms with Gasteiger partial charge in [0, 0.05) is 36.6 Å². The van der Waals surface area contributed by atoms with Gasteiger partial charge in [-0.05, 0) is 33.8 Å². The summed E-state index contributed by atoms with van der Waals surface area (Å²) in [5.41, 5.74) is 1.88. The highest BCUT2D eigenvalue weighted by Crippen LogP contribution is 2.17. The summed E-state index contributed by atoms with van der Waals surface area (Å²) in [7, 11) is 0. The number of amides is 1. The van der Waals surface area contributed by atoms with Gasteiger partial charge in [-0.25, -0.2) is 9.97 Å². The third-order valence-electron chi connectivity index (χ3n) is 3.64. The predicted molar refractivity (Wildman–Crippen MR) is 88.1 cm³/mol. The van der Waals surface area contributed by atoms with Gasteiger partial charge in [-0.15, -0.1) is 12.4 Å². The molecule has 0 spiro atoms. The van der Waals surface area contributed by atoms with Crippen LogP contribution in [0.2, 0.25) is 0 Å². The summed E-state index contributed by atoms with van der Waals surface area (Å²) in [5, 5.41) is 4.07. The number of thioether (sulfide) groups is 1. The number of aryl methyl sites for hydroxylation is 2. The van der Waals surface area contributed by atoms with Gasteiger partial charge in [0.1, 0.15) is 0 Å². The van der Waals surface area contributed by atoms with Crippen LogP contribution in [0.1, 0.15) is 25.2 Å². The number of carbonyl (C=O) groups is 1. The van der Waals surface area contributed by atoms with E-state index in [1.165, 1.54) is 11.8 Å². The van der Waals surface area contributed by atoms with Crippen LogP contribution in [0.4, 0.5) is 0 Å². The second-order valence-electron chi connectivity index (χ2n) is 5.29. The number of nitrogens with one attached hydrogen (secondary N) is 1. The van der Waals surface area contributed by atoms with E-state index in [0.29, 0.717) is 17.0 Å². The lowest BCUT2D eigenvalue weighted by molar-refractivity contribution is -0.131. The molecular weight excluding hydrogens is 308 g/mol. The summed E-state index contributed by atoms with van der Waals surface area (Å²) < 4.78 is 0. The van der Waals surface area contributed by atoms with E-state index < -0.39 is 0 Å². The maximum Gasteiger partial charge on any atom is 0.233 e. The molecule has 0 aromatic carbocycles. The number of aromatic nitrogens is 2. The van der Waals surface area contributed by atoms with Crippen LogP contribution in [-0.4, -0.2) is 51.7 Å². The summed E-state index contributed by atoms with van der Waals surface area (Å²) >= 11 is 1.42. The van der Waals surface area contributed by atoms with E-state index in [4.69, 9.17) is 0 Å². The third kappa shape index (κ3) is 4.83. The SMILES string of the molecule is Cc1cc(C)nc(SCC(=O)N2CCNC(C)C2C)n1.Cl. The molecule has 1 amide bonds. The van der Waals surface area contributed by atoms with Crippen LogP contribution in [0.15, 0.2) is 11.2 Å². The van der Waals surface area contributed by atoms with Crippen molar-refractivity contribution in [2.24, 2.45) is 0 Å². The van der Waals surface area contributed by atoms with Gasteiger partial charge in [0.2, 0.25) is 5.91 Å². The zero-order chi connectivity index (χ0) is 14.7. The molecule has 0 bridgehead atoms. The van der Waals surface area contributed by atoms with Crippen molar-refractivity contribution in [3.05, 3.63) is 17.5 Å². The lowest BCUT2D eigenvalue weighted by Gasteiger charge is -2.38. The minimum absolute atomic E-state index is 0. The van der Waals surface area contributed by atoms with E-state index in [1.807, 2.05) is 24.8 Å². The van der Waals surface area contributed by atoms with Gasteiger partial charge in [0.15, 0.2) is 5.16 Å². The fourth-order valence-electron chi connectivity index (χ4n) is 2.38. The summed E-state index contributed by atoms with van der Waals surface area (Å²) in [5.74, 6) is 0.568. The Labute approximate surface area is 136 Å². The molecule has 0 saturated carbocycles. The smallest absolute Gasteiger partial charge is 0.233 e. The molecule has 1 aliphatic heterocycles. The first-order chi connectivity index (χ1) is 9.47. The van der Waals surface area contributed by atoms with Crippen LogP contribution < -0.4 is 5.32 Å². The van der Waals surface area contributed by atoms with Crippen molar-refractivity contribution < 1.29 is 4.79 Å². The molecule has 1 fully saturated rings. The second kappa shape index (κ2) is 7.96. The molecule has 2 unspecified atom stereocenters. The molecule has 0 radical (unpaired) electrons. The van der Waals surface area contributed by atoms with E-state index >= 15 is 0 Å². The number of rotatable bonds is 3. The Balaban J connectivity index is 0.00000220. The molecule has 0 aliphatic carbocycles. The van der Waals surface area contributed by atoms with Gasteiger partial charge in [-0.3, -0.25) is 4.79 Å². The van der Waals surface area contributed by atoms with Crippen molar-refractivity contribution in [1.29, 1.82) is 0 Å². The Kier molecular flexibility index (Phi) is 6.90. The van der Waals surface area contributed by atoms with Crippen molar-refractivity contribution in [2.75, 3.05) is 18.8 Å². The molecule has 2 rings (SSSR count). The van der Waals surface area contributed by atoms with Crippen LogP contribution in [0.25, 0.3) is 0 Å². The van der Waals surface area contributed by atoms with Crippen LogP contribution in [0, 0.1) is 13.8 Å². The van der Waals surface area contributed by atoms with Crippen molar-refractivity contribution in [3.8, 4) is 0 Å². The Bertz CT molecular complexity index is 480. The number of piperazine rings is 1. The standard InChI is InChI=1S/C14H22N4OS.ClH/c1-9-7-10(2)17-14(16-9)20-8-13(19)18-6-5-15-11(3)12(18)4;/h7,11-12,15H,5-6,8H2,1-4H3;1H. The fourth-order valence-corrected chi connectivity index (χ4v) is 3.21. The zero-order valence-corrected chi connectivity index (χ0v) is 14.6. The van der Waals surface area contributed by atoms with E-state index in [9.17, 15) is 4.79 Å². The number of hydrogen-bond donors (Lipinski definition) is 1. The Hall–Kier alpha value is -0.850. The van der Waals surface area contributed by atoms with Crippen LogP contribution in [-0.2, 0) is 4.79 Å². The van der Waals surface area contributed by atoms with Gasteiger partial charge in [-0.1, -0.05) is 11.8 Å². The molecular formula is C14H23ClN4OS. The van der Waals surface area contributed by atoms with E-state index in [1.54, 1.807) is 0 Å². The first kappa shape index (κ1) is 18.2. The molecule has 2 heterocycles. The monoisotopic (exact) mass is 330 g/mol. The van der Waals surface area contributed by atoms with Crippen molar-refractivity contribution in [2.45, 2.75) is 44.9 Å². The zero-order valence-electron chi connectivity index (χ0n) is 12.9. The second-order valence-corrected chi connectivity index (χ2v) is 6.23. The first-order valence-corrected chi connectivity index (χ1v) is 7.94. The highest BCUT2D eigenvalue weighted by Gasteiger charge is 2.27. The molecule has 1 saturated heterocycles. The summed E-state index contributed by atoms with van der Waals surface area (Å²) in [6.07, 6.45) is 0. The van der Waals surface area contributed by atoms with Gasteiger partial charge < -0.3 is 10.2 Å². The third-order valence-corrected chi connectivity index (χ3v) is 4.47. The predicted octanol–water partition coefficient (Wildman–Crippen LogP) is 1.82. The fraction of sp³-hybridized carbons (Fsp3) is 0.643. The maximum atomic E-state index is 12.3. The number of carbonyl (C=O) groups excluding carboxylic acids is 1. The topological polar surface area (TPSA) is 58.1 Å². The molecule has 1 N–H and O–H groups in total. The minimum atomic E-state index is 0. The average Bonchev–Trinajstić information content (AvgIpc) is 2.38. The Morgan fingerprint density at radius 1 is 1.38 bits per heavy atom. The van der Waals surface area contributed by atoms with E-state index in [0.717, 1.165) is 24.5 Å². The van der Waals surface area contributed by atoms with Crippen molar-refractivity contribution >= 4 is 30.1 Å². The molecule has 5 nitrogen and oxygen atoms in total. The summed E-state index contributed by atoms with van der Waals surface area (Å²) in [6, 6.07) is 2.51. The Morgan fingerprint density at radius 2 is 2.00 bits per heavy atom. The van der Waals surface area contributed by atoms with Crippen LogP contribution in [0.3, 0.4) is 0 Å².